The first-order valence-electron chi connectivity index (χ1n) is 7.29. The predicted molar refractivity (Wildman–Crippen MR) is 80.0 cm³/mol. The molecule has 6 heteroatoms. The van der Waals surface area contributed by atoms with Gasteiger partial charge in [-0.05, 0) is 24.5 Å². The lowest BCUT2D eigenvalue weighted by Gasteiger charge is -2.25. The molecule has 0 spiro atoms. The van der Waals surface area contributed by atoms with Crippen molar-refractivity contribution in [3.63, 3.8) is 0 Å². The molecule has 1 aromatic carbocycles. The minimum atomic E-state index is -0.0484. The Kier molecular flexibility index (Phi) is 4.14. The molecule has 1 unspecified atom stereocenters. The zero-order valence-electron chi connectivity index (χ0n) is 11.8. The quantitative estimate of drug-likeness (QED) is 0.726. The third kappa shape index (κ3) is 3.21. The third-order valence-corrected chi connectivity index (χ3v) is 3.76. The number of benzene rings is 1. The molecule has 1 atom stereocenters. The lowest BCUT2D eigenvalue weighted by molar-refractivity contribution is -0.122. The zero-order valence-corrected chi connectivity index (χ0v) is 11.8. The maximum atomic E-state index is 12.3. The largest absolute Gasteiger partial charge is 0.385 e. The second-order valence-corrected chi connectivity index (χ2v) is 5.18. The molecule has 1 amide bonds. The summed E-state index contributed by atoms with van der Waals surface area (Å²) in [6.07, 6.45) is 3.99. The maximum absolute atomic E-state index is 12.3. The number of carbonyl (C=O) groups is 1. The van der Waals surface area contributed by atoms with Gasteiger partial charge in [-0.3, -0.25) is 9.89 Å². The van der Waals surface area contributed by atoms with Crippen molar-refractivity contribution in [2.24, 2.45) is 0 Å². The van der Waals surface area contributed by atoms with Crippen molar-refractivity contribution in [3.05, 3.63) is 42.0 Å². The van der Waals surface area contributed by atoms with Crippen LogP contribution in [-0.2, 0) is 11.2 Å². The first-order valence-corrected chi connectivity index (χ1v) is 7.29. The molecule has 1 aromatic heterocycles. The average Bonchev–Trinajstić information content (AvgIpc) is 3.04. The number of para-hydroxylation sites is 1. The number of aromatic nitrogens is 3. The van der Waals surface area contributed by atoms with E-state index >= 15 is 0 Å². The fraction of sp³-hybridized carbons (Fsp3) is 0.400. The third-order valence-electron chi connectivity index (χ3n) is 3.76. The van der Waals surface area contributed by atoms with Crippen molar-refractivity contribution >= 4 is 11.6 Å². The summed E-state index contributed by atoms with van der Waals surface area (Å²) in [4.78, 5) is 16.4. The average molecular weight is 285 g/mol. The van der Waals surface area contributed by atoms with Crippen LogP contribution in [0.1, 0.15) is 30.1 Å². The molecule has 2 aromatic rings. The molecule has 3 rings (SSSR count). The Balaban J connectivity index is 1.52. The topological polar surface area (TPSA) is 82.7 Å². The molecule has 0 aliphatic carbocycles. The number of aromatic amines is 1. The number of carbonyl (C=O) groups excluding carboxylic acids is 1. The first kappa shape index (κ1) is 13.6. The molecular formula is C15H19N5O. The second kappa shape index (κ2) is 6.39. The molecule has 0 radical (unpaired) electrons. The Hall–Kier alpha value is -2.37. The van der Waals surface area contributed by atoms with Crippen LogP contribution in [0.5, 0.6) is 0 Å². The van der Waals surface area contributed by atoms with E-state index in [-0.39, 0.29) is 11.8 Å². The van der Waals surface area contributed by atoms with Gasteiger partial charge in [0.15, 0.2) is 0 Å². The van der Waals surface area contributed by atoms with E-state index in [1.165, 1.54) is 6.33 Å². The molecule has 110 valence electrons. The molecule has 21 heavy (non-hydrogen) atoms. The van der Waals surface area contributed by atoms with Gasteiger partial charge >= 0.3 is 0 Å². The highest BCUT2D eigenvalue weighted by atomic mass is 16.1. The molecule has 0 bridgehead atoms. The van der Waals surface area contributed by atoms with E-state index in [1.54, 1.807) is 0 Å². The standard InChI is InChI=1S/C15H19N5O/c21-15(17-8-3-6-14-18-10-19-20-14)12-7-9-16-13-5-2-1-4-11(12)13/h1-2,4-5,10,12,16H,3,6-9H2,(H,17,21)(H,18,19,20). The number of nitrogens with zero attached hydrogens (tertiary/aromatic N) is 2. The second-order valence-electron chi connectivity index (χ2n) is 5.18. The van der Waals surface area contributed by atoms with Crippen molar-refractivity contribution in [1.82, 2.24) is 20.5 Å². The minimum Gasteiger partial charge on any atom is -0.385 e. The van der Waals surface area contributed by atoms with Gasteiger partial charge in [0, 0.05) is 25.2 Å². The molecule has 1 aliphatic rings. The molecule has 0 saturated heterocycles. The van der Waals surface area contributed by atoms with Gasteiger partial charge in [0.2, 0.25) is 5.91 Å². The van der Waals surface area contributed by atoms with Crippen molar-refractivity contribution in [3.8, 4) is 0 Å². The summed E-state index contributed by atoms with van der Waals surface area (Å²) in [5, 5.41) is 13.0. The highest BCUT2D eigenvalue weighted by Crippen LogP contribution is 2.31. The summed E-state index contributed by atoms with van der Waals surface area (Å²) in [6.45, 7) is 1.50. The Morgan fingerprint density at radius 2 is 2.29 bits per heavy atom. The number of hydrogen-bond acceptors (Lipinski definition) is 4. The van der Waals surface area contributed by atoms with E-state index in [0.717, 1.165) is 42.9 Å². The van der Waals surface area contributed by atoms with E-state index in [2.05, 4.69) is 25.8 Å². The number of rotatable bonds is 5. The summed E-state index contributed by atoms with van der Waals surface area (Å²) in [5.74, 6) is 0.922. The van der Waals surface area contributed by atoms with Gasteiger partial charge in [-0.25, -0.2) is 4.98 Å². The van der Waals surface area contributed by atoms with E-state index in [4.69, 9.17) is 0 Å². The molecule has 0 fully saturated rings. The summed E-state index contributed by atoms with van der Waals surface area (Å²) in [7, 11) is 0. The van der Waals surface area contributed by atoms with E-state index < -0.39 is 0 Å². The van der Waals surface area contributed by atoms with Crippen LogP contribution in [0.15, 0.2) is 30.6 Å². The summed E-state index contributed by atoms with van der Waals surface area (Å²) >= 11 is 0. The van der Waals surface area contributed by atoms with Crippen molar-refractivity contribution in [2.75, 3.05) is 18.4 Å². The van der Waals surface area contributed by atoms with Gasteiger partial charge in [0.1, 0.15) is 12.2 Å². The molecule has 0 saturated carbocycles. The smallest absolute Gasteiger partial charge is 0.227 e. The van der Waals surface area contributed by atoms with Crippen molar-refractivity contribution < 1.29 is 4.79 Å². The number of amides is 1. The maximum Gasteiger partial charge on any atom is 0.227 e. The van der Waals surface area contributed by atoms with Gasteiger partial charge in [0.25, 0.3) is 0 Å². The van der Waals surface area contributed by atoms with Gasteiger partial charge in [-0.1, -0.05) is 18.2 Å². The number of H-pyrrole nitrogens is 1. The summed E-state index contributed by atoms with van der Waals surface area (Å²) in [6, 6.07) is 8.03. The van der Waals surface area contributed by atoms with Gasteiger partial charge in [0.05, 0.1) is 5.92 Å². The van der Waals surface area contributed by atoms with Gasteiger partial charge in [-0.15, -0.1) is 0 Å². The van der Waals surface area contributed by atoms with Crippen LogP contribution in [-0.4, -0.2) is 34.2 Å². The normalized spacial score (nSPS) is 16.9. The number of hydrogen-bond donors (Lipinski definition) is 3. The van der Waals surface area contributed by atoms with E-state index in [0.29, 0.717) is 6.54 Å². The minimum absolute atomic E-state index is 0.0484. The fourth-order valence-corrected chi connectivity index (χ4v) is 2.68. The predicted octanol–water partition coefficient (Wildman–Crippen LogP) is 1.45. The fourth-order valence-electron chi connectivity index (χ4n) is 2.68. The Bertz CT molecular complexity index is 596. The molecule has 3 N–H and O–H groups in total. The van der Waals surface area contributed by atoms with Crippen LogP contribution in [0.4, 0.5) is 5.69 Å². The van der Waals surface area contributed by atoms with Crippen molar-refractivity contribution in [1.29, 1.82) is 0 Å². The van der Waals surface area contributed by atoms with Gasteiger partial charge in [-0.2, -0.15) is 5.10 Å². The lowest BCUT2D eigenvalue weighted by atomic mass is 9.90. The number of nitrogens with one attached hydrogen (secondary N) is 3. The summed E-state index contributed by atoms with van der Waals surface area (Å²) < 4.78 is 0. The molecule has 6 nitrogen and oxygen atoms in total. The lowest BCUT2D eigenvalue weighted by Crippen LogP contribution is -2.33. The van der Waals surface area contributed by atoms with Crippen LogP contribution in [0.25, 0.3) is 0 Å². The molecular weight excluding hydrogens is 266 g/mol. The zero-order chi connectivity index (χ0) is 14.5. The SMILES string of the molecule is O=C(NCCCc1ncn[nH]1)C1CCNc2ccccc21. The Morgan fingerprint density at radius 3 is 3.14 bits per heavy atom. The van der Waals surface area contributed by atoms with E-state index in [1.807, 2.05) is 24.3 Å². The highest BCUT2D eigenvalue weighted by molar-refractivity contribution is 5.86. The highest BCUT2D eigenvalue weighted by Gasteiger charge is 2.25. The van der Waals surface area contributed by atoms with Crippen LogP contribution in [0.3, 0.4) is 0 Å². The number of anilines is 1. The Morgan fingerprint density at radius 1 is 1.38 bits per heavy atom. The van der Waals surface area contributed by atoms with Crippen molar-refractivity contribution in [2.45, 2.75) is 25.2 Å². The number of fused-ring (bicyclic) bond motifs is 1. The van der Waals surface area contributed by atoms with Crippen LogP contribution >= 0.6 is 0 Å². The van der Waals surface area contributed by atoms with Crippen LogP contribution in [0, 0.1) is 0 Å². The van der Waals surface area contributed by atoms with Gasteiger partial charge < -0.3 is 10.6 Å². The number of aryl methyl sites for hydroxylation is 1. The monoisotopic (exact) mass is 285 g/mol. The summed E-state index contributed by atoms with van der Waals surface area (Å²) in [5.41, 5.74) is 2.17. The molecule has 2 heterocycles. The van der Waals surface area contributed by atoms with E-state index in [9.17, 15) is 4.79 Å². The van der Waals surface area contributed by atoms with Crippen LogP contribution < -0.4 is 10.6 Å². The Labute approximate surface area is 123 Å². The van der Waals surface area contributed by atoms with Crippen LogP contribution in [0.2, 0.25) is 0 Å². The first-order chi connectivity index (χ1) is 10.3. The molecule has 1 aliphatic heterocycles.